The van der Waals surface area contributed by atoms with Gasteiger partial charge in [0.25, 0.3) is 0 Å². The molecular weight excluding hydrogens is 206 g/mol. The van der Waals surface area contributed by atoms with E-state index in [1.54, 1.807) is 6.42 Å². The van der Waals surface area contributed by atoms with E-state index in [4.69, 9.17) is 0 Å². The molecule has 0 radical (unpaired) electrons. The highest BCUT2D eigenvalue weighted by molar-refractivity contribution is 4.92. The van der Waals surface area contributed by atoms with E-state index in [-0.39, 0.29) is 0 Å². The van der Waals surface area contributed by atoms with Crippen LogP contribution in [0.1, 0.15) is 71.6 Å². The Bertz CT molecular complexity index is 240. The van der Waals surface area contributed by atoms with Gasteiger partial charge in [-0.3, -0.25) is 4.90 Å². The summed E-state index contributed by atoms with van der Waals surface area (Å²) >= 11 is 0. The first kappa shape index (κ1) is 12.0. The van der Waals surface area contributed by atoms with Crippen molar-refractivity contribution < 1.29 is 0 Å². The molecule has 5 atom stereocenters. The predicted octanol–water partition coefficient (Wildman–Crippen LogP) is 4.22. The number of rotatable bonds is 1. The molecule has 0 aromatic rings. The zero-order chi connectivity index (χ0) is 11.8. The second-order valence-corrected chi connectivity index (χ2v) is 7.10. The van der Waals surface area contributed by atoms with Crippen molar-refractivity contribution in [1.29, 1.82) is 0 Å². The number of hydrogen-bond acceptors (Lipinski definition) is 1. The van der Waals surface area contributed by atoms with Crippen molar-refractivity contribution in [3.8, 4) is 0 Å². The van der Waals surface area contributed by atoms with Gasteiger partial charge in [0.2, 0.25) is 0 Å². The topological polar surface area (TPSA) is 3.24 Å². The van der Waals surface area contributed by atoms with Crippen molar-refractivity contribution in [2.24, 2.45) is 11.8 Å². The van der Waals surface area contributed by atoms with E-state index >= 15 is 0 Å². The summed E-state index contributed by atoms with van der Waals surface area (Å²) in [5.74, 6) is 2.16. The van der Waals surface area contributed by atoms with Crippen LogP contribution >= 0.6 is 0 Å². The van der Waals surface area contributed by atoms with Crippen LogP contribution in [0, 0.1) is 11.8 Å². The average Bonchev–Trinajstić information content (AvgIpc) is 2.28. The van der Waals surface area contributed by atoms with E-state index in [1.165, 1.54) is 51.4 Å². The van der Waals surface area contributed by atoms with Crippen molar-refractivity contribution in [2.75, 3.05) is 0 Å². The molecule has 0 spiro atoms. The molecule has 0 N–H and O–H groups in total. The molecule has 2 bridgehead atoms. The quantitative estimate of drug-likeness (QED) is 0.658. The standard InChI is InChI=1S/C16H29N/c1-12-5-3-6-13(2)17(12)16-10-14-7-4-8-15(9-14)11-16/h12-16H,3-11H2,1-2H3/t12-,13+,14-,15+,16?. The van der Waals surface area contributed by atoms with E-state index in [0.29, 0.717) is 0 Å². The normalized spacial score (nSPS) is 48.0. The Hall–Kier alpha value is -0.0400. The SMILES string of the molecule is C[C@@H]1CCC[C@H](C)N1C1C[C@H]2CCC[C@@H](C1)C2. The molecule has 1 unspecified atom stereocenters. The van der Waals surface area contributed by atoms with E-state index in [2.05, 4.69) is 18.7 Å². The summed E-state index contributed by atoms with van der Waals surface area (Å²) in [6.07, 6.45) is 13.5. The first-order chi connectivity index (χ1) is 8.24. The summed E-state index contributed by atoms with van der Waals surface area (Å²) < 4.78 is 0. The van der Waals surface area contributed by atoms with E-state index in [1.807, 2.05) is 0 Å². The second kappa shape index (κ2) is 4.91. The third kappa shape index (κ3) is 2.41. The summed E-state index contributed by atoms with van der Waals surface area (Å²) in [5.41, 5.74) is 0. The highest BCUT2D eigenvalue weighted by Gasteiger charge is 2.38. The van der Waals surface area contributed by atoms with Crippen molar-refractivity contribution in [3.63, 3.8) is 0 Å². The molecule has 17 heavy (non-hydrogen) atoms. The minimum Gasteiger partial charge on any atom is -0.295 e. The number of piperidine rings is 1. The van der Waals surface area contributed by atoms with Gasteiger partial charge in [-0.15, -0.1) is 0 Å². The Morgan fingerprint density at radius 1 is 0.706 bits per heavy atom. The summed E-state index contributed by atoms with van der Waals surface area (Å²) in [6, 6.07) is 2.63. The van der Waals surface area contributed by atoms with Crippen LogP contribution in [0.15, 0.2) is 0 Å². The Labute approximate surface area is 107 Å². The van der Waals surface area contributed by atoms with Crippen LogP contribution in [0.4, 0.5) is 0 Å². The van der Waals surface area contributed by atoms with Gasteiger partial charge in [0, 0.05) is 18.1 Å². The van der Waals surface area contributed by atoms with Gasteiger partial charge in [0.05, 0.1) is 0 Å². The van der Waals surface area contributed by atoms with Gasteiger partial charge in [-0.1, -0.05) is 25.7 Å². The lowest BCUT2D eigenvalue weighted by Gasteiger charge is -2.50. The zero-order valence-electron chi connectivity index (χ0n) is 11.7. The van der Waals surface area contributed by atoms with Crippen LogP contribution in [-0.2, 0) is 0 Å². The van der Waals surface area contributed by atoms with Crippen LogP contribution in [0.3, 0.4) is 0 Å². The molecular formula is C16H29N. The van der Waals surface area contributed by atoms with Gasteiger partial charge in [-0.2, -0.15) is 0 Å². The molecule has 2 aliphatic carbocycles. The number of hydrogen-bond donors (Lipinski definition) is 0. The monoisotopic (exact) mass is 235 g/mol. The van der Waals surface area contributed by atoms with Gasteiger partial charge in [-0.05, 0) is 57.8 Å². The molecule has 0 amide bonds. The molecule has 3 fully saturated rings. The van der Waals surface area contributed by atoms with Crippen molar-refractivity contribution in [1.82, 2.24) is 4.90 Å². The van der Waals surface area contributed by atoms with E-state index < -0.39 is 0 Å². The van der Waals surface area contributed by atoms with Gasteiger partial charge in [0.15, 0.2) is 0 Å². The molecule has 0 aromatic carbocycles. The lowest BCUT2D eigenvalue weighted by Crippen LogP contribution is -2.52. The molecule has 1 saturated heterocycles. The highest BCUT2D eigenvalue weighted by Crippen LogP contribution is 2.43. The first-order valence-corrected chi connectivity index (χ1v) is 8.01. The summed E-state index contributed by atoms with van der Waals surface area (Å²) in [7, 11) is 0. The van der Waals surface area contributed by atoms with Crippen LogP contribution in [0.2, 0.25) is 0 Å². The lowest BCUT2D eigenvalue weighted by molar-refractivity contribution is 0.000876. The maximum atomic E-state index is 2.91. The van der Waals surface area contributed by atoms with Crippen molar-refractivity contribution in [3.05, 3.63) is 0 Å². The maximum Gasteiger partial charge on any atom is 0.0106 e. The van der Waals surface area contributed by atoms with Crippen LogP contribution in [0.25, 0.3) is 0 Å². The van der Waals surface area contributed by atoms with Gasteiger partial charge in [-0.25, -0.2) is 0 Å². The minimum absolute atomic E-state index is 0.850. The fourth-order valence-corrected chi connectivity index (χ4v) is 5.10. The highest BCUT2D eigenvalue weighted by atomic mass is 15.2. The molecule has 1 nitrogen and oxygen atoms in total. The third-order valence-electron chi connectivity index (χ3n) is 5.79. The fourth-order valence-electron chi connectivity index (χ4n) is 5.10. The van der Waals surface area contributed by atoms with E-state index in [0.717, 1.165) is 30.0 Å². The average molecular weight is 235 g/mol. The Morgan fingerprint density at radius 3 is 1.82 bits per heavy atom. The first-order valence-electron chi connectivity index (χ1n) is 8.01. The molecule has 2 saturated carbocycles. The molecule has 1 heterocycles. The largest absolute Gasteiger partial charge is 0.295 e. The molecule has 1 heteroatoms. The molecule has 98 valence electrons. The minimum atomic E-state index is 0.850. The van der Waals surface area contributed by atoms with Gasteiger partial charge in [0.1, 0.15) is 0 Å². The third-order valence-corrected chi connectivity index (χ3v) is 5.79. The number of likely N-dealkylation sites (tertiary alicyclic amines) is 1. The van der Waals surface area contributed by atoms with E-state index in [9.17, 15) is 0 Å². The Morgan fingerprint density at radius 2 is 1.24 bits per heavy atom. The van der Waals surface area contributed by atoms with Crippen molar-refractivity contribution in [2.45, 2.75) is 89.8 Å². The van der Waals surface area contributed by atoms with Gasteiger partial charge >= 0.3 is 0 Å². The summed E-state index contributed by atoms with van der Waals surface area (Å²) in [6.45, 7) is 4.94. The number of nitrogens with zero attached hydrogens (tertiary/aromatic N) is 1. The summed E-state index contributed by atoms with van der Waals surface area (Å²) in [4.78, 5) is 2.91. The fraction of sp³-hybridized carbons (Fsp3) is 1.00. The van der Waals surface area contributed by atoms with Crippen LogP contribution < -0.4 is 0 Å². The Balaban J connectivity index is 1.70. The Kier molecular flexibility index (Phi) is 3.47. The zero-order valence-corrected chi connectivity index (χ0v) is 11.7. The van der Waals surface area contributed by atoms with Gasteiger partial charge < -0.3 is 0 Å². The maximum absolute atomic E-state index is 2.91. The molecule has 3 rings (SSSR count). The van der Waals surface area contributed by atoms with Crippen LogP contribution in [0.5, 0.6) is 0 Å². The predicted molar refractivity (Wildman–Crippen MR) is 73.1 cm³/mol. The lowest BCUT2D eigenvalue weighted by atomic mass is 9.69. The smallest absolute Gasteiger partial charge is 0.0106 e. The number of fused-ring (bicyclic) bond motifs is 2. The van der Waals surface area contributed by atoms with Crippen molar-refractivity contribution >= 4 is 0 Å². The summed E-state index contributed by atoms with van der Waals surface area (Å²) in [5, 5.41) is 0. The molecule has 0 aromatic heterocycles. The van der Waals surface area contributed by atoms with Crippen LogP contribution in [-0.4, -0.2) is 23.0 Å². The molecule has 3 aliphatic rings. The molecule has 1 aliphatic heterocycles. The second-order valence-electron chi connectivity index (χ2n) is 7.10.